The van der Waals surface area contributed by atoms with Gasteiger partial charge in [-0.05, 0) is 43.9 Å². The maximum Gasteiger partial charge on any atom is 0.293 e. The molecular weight excluding hydrogens is 412 g/mol. The lowest BCUT2D eigenvalue weighted by atomic mass is 10.1. The Morgan fingerprint density at radius 1 is 1.25 bits per heavy atom. The average Bonchev–Trinajstić information content (AvgIpc) is 3.60. The number of amides is 1. The lowest BCUT2D eigenvalue weighted by Crippen LogP contribution is -2.28. The van der Waals surface area contributed by atoms with Crippen molar-refractivity contribution >= 4 is 11.7 Å². The molecule has 1 saturated carbocycles. The molecule has 2 heterocycles. The lowest BCUT2D eigenvalue weighted by Gasteiger charge is -2.22. The molecule has 32 heavy (non-hydrogen) atoms. The number of amidine groups is 1. The van der Waals surface area contributed by atoms with Crippen molar-refractivity contribution in [3.8, 4) is 11.1 Å². The van der Waals surface area contributed by atoms with E-state index in [4.69, 9.17) is 0 Å². The summed E-state index contributed by atoms with van der Waals surface area (Å²) in [4.78, 5) is 27.2. The van der Waals surface area contributed by atoms with Crippen LogP contribution in [0.2, 0.25) is 0 Å². The standard InChI is InChI=1S/C24H23F2N5O/c1-15(10-16-6-7-16)31-14-19(4-3-5-22(31)27-2)30-24(32)23-28-12-17(13-29-23)20-9-8-18(25)11-21(20)26/h3-4,8-14,16H,5-7H2,1-2H3,(H,30,32)/b15-10+,27-22?. The number of rotatable bonds is 5. The van der Waals surface area contributed by atoms with Crippen molar-refractivity contribution < 1.29 is 13.6 Å². The van der Waals surface area contributed by atoms with Crippen molar-refractivity contribution in [2.45, 2.75) is 26.2 Å². The number of aromatic nitrogens is 2. The minimum Gasteiger partial charge on any atom is -0.318 e. The third kappa shape index (κ3) is 4.96. The molecular formula is C24H23F2N5O. The lowest BCUT2D eigenvalue weighted by molar-refractivity contribution is 0.0956. The topological polar surface area (TPSA) is 70.5 Å². The number of benzene rings is 1. The molecule has 1 N–H and O–H groups in total. The number of carbonyl (C=O) groups is 1. The van der Waals surface area contributed by atoms with Crippen LogP contribution in [-0.4, -0.2) is 33.7 Å². The Bertz CT molecular complexity index is 1150. The van der Waals surface area contributed by atoms with E-state index in [9.17, 15) is 13.6 Å². The summed E-state index contributed by atoms with van der Waals surface area (Å²) >= 11 is 0. The molecule has 0 unspecified atom stereocenters. The second-order valence-corrected chi connectivity index (χ2v) is 7.72. The molecule has 1 amide bonds. The molecule has 0 radical (unpaired) electrons. The molecule has 1 aliphatic carbocycles. The van der Waals surface area contributed by atoms with Gasteiger partial charge in [-0.3, -0.25) is 9.79 Å². The first kappa shape index (κ1) is 21.5. The first-order chi connectivity index (χ1) is 15.4. The van der Waals surface area contributed by atoms with E-state index in [1.165, 1.54) is 31.3 Å². The molecule has 164 valence electrons. The van der Waals surface area contributed by atoms with Gasteiger partial charge in [-0.15, -0.1) is 0 Å². The summed E-state index contributed by atoms with van der Waals surface area (Å²) in [6.45, 7) is 2.03. The van der Waals surface area contributed by atoms with Gasteiger partial charge in [-0.1, -0.05) is 12.2 Å². The fourth-order valence-corrected chi connectivity index (χ4v) is 3.40. The highest BCUT2D eigenvalue weighted by Crippen LogP contribution is 2.32. The van der Waals surface area contributed by atoms with Crippen LogP contribution in [0.5, 0.6) is 0 Å². The van der Waals surface area contributed by atoms with Gasteiger partial charge in [0.05, 0.1) is 5.70 Å². The molecule has 2 aliphatic rings. The highest BCUT2D eigenvalue weighted by molar-refractivity contribution is 5.93. The Morgan fingerprint density at radius 2 is 2.00 bits per heavy atom. The van der Waals surface area contributed by atoms with Crippen LogP contribution < -0.4 is 5.32 Å². The molecule has 1 aromatic heterocycles. The van der Waals surface area contributed by atoms with Gasteiger partial charge in [-0.2, -0.15) is 0 Å². The number of nitrogens with one attached hydrogen (secondary N) is 1. The van der Waals surface area contributed by atoms with Crippen molar-refractivity contribution in [1.29, 1.82) is 0 Å². The molecule has 1 aliphatic heterocycles. The second-order valence-electron chi connectivity index (χ2n) is 7.72. The quantitative estimate of drug-likeness (QED) is 0.745. The zero-order chi connectivity index (χ0) is 22.7. The van der Waals surface area contributed by atoms with E-state index in [-0.39, 0.29) is 11.4 Å². The van der Waals surface area contributed by atoms with Crippen LogP contribution >= 0.6 is 0 Å². The first-order valence-electron chi connectivity index (χ1n) is 10.3. The Kier molecular flexibility index (Phi) is 6.20. The largest absolute Gasteiger partial charge is 0.318 e. The molecule has 1 aromatic carbocycles. The van der Waals surface area contributed by atoms with Crippen LogP contribution in [0.3, 0.4) is 0 Å². The second kappa shape index (κ2) is 9.21. The zero-order valence-corrected chi connectivity index (χ0v) is 17.8. The van der Waals surface area contributed by atoms with Gasteiger partial charge in [0.25, 0.3) is 5.91 Å². The molecule has 1 fully saturated rings. The third-order valence-electron chi connectivity index (χ3n) is 5.24. The van der Waals surface area contributed by atoms with Crippen molar-refractivity contribution in [3.05, 3.63) is 83.9 Å². The van der Waals surface area contributed by atoms with Crippen LogP contribution in [0.1, 0.15) is 36.8 Å². The molecule has 0 bridgehead atoms. The van der Waals surface area contributed by atoms with Gasteiger partial charge in [-0.25, -0.2) is 18.7 Å². The van der Waals surface area contributed by atoms with Crippen LogP contribution in [0.25, 0.3) is 11.1 Å². The monoisotopic (exact) mass is 435 g/mol. The van der Waals surface area contributed by atoms with E-state index < -0.39 is 17.5 Å². The SMILES string of the molecule is CN=C1CC=CC(NC(=O)c2ncc(-c3ccc(F)cc3F)cn2)=CN1/C(C)=C/C1CC1. The van der Waals surface area contributed by atoms with Crippen LogP contribution in [-0.2, 0) is 0 Å². The van der Waals surface area contributed by atoms with Gasteiger partial charge in [0.1, 0.15) is 17.5 Å². The highest BCUT2D eigenvalue weighted by Gasteiger charge is 2.22. The fraction of sp³-hybridized carbons (Fsp3) is 0.250. The number of hydrogen-bond acceptors (Lipinski definition) is 4. The van der Waals surface area contributed by atoms with Crippen LogP contribution in [0.4, 0.5) is 8.78 Å². The van der Waals surface area contributed by atoms with Gasteiger partial charge in [0, 0.05) is 55.0 Å². The zero-order valence-electron chi connectivity index (χ0n) is 17.8. The van der Waals surface area contributed by atoms with Crippen molar-refractivity contribution in [2.75, 3.05) is 7.05 Å². The predicted octanol–water partition coefficient (Wildman–Crippen LogP) is 4.60. The summed E-state index contributed by atoms with van der Waals surface area (Å²) < 4.78 is 27.1. The molecule has 0 atom stereocenters. The Labute approximate surface area is 185 Å². The molecule has 6 nitrogen and oxygen atoms in total. The fourth-order valence-electron chi connectivity index (χ4n) is 3.40. The van der Waals surface area contributed by atoms with E-state index in [2.05, 4.69) is 26.4 Å². The summed E-state index contributed by atoms with van der Waals surface area (Å²) in [7, 11) is 1.75. The van der Waals surface area contributed by atoms with Crippen LogP contribution in [0, 0.1) is 17.6 Å². The summed E-state index contributed by atoms with van der Waals surface area (Å²) in [6, 6.07) is 3.26. The summed E-state index contributed by atoms with van der Waals surface area (Å²) in [5.74, 6) is -0.456. The van der Waals surface area contributed by atoms with E-state index in [0.717, 1.165) is 23.7 Å². The van der Waals surface area contributed by atoms with Crippen molar-refractivity contribution in [2.24, 2.45) is 10.9 Å². The summed E-state index contributed by atoms with van der Waals surface area (Å²) in [5, 5.41) is 2.81. The predicted molar refractivity (Wildman–Crippen MR) is 118 cm³/mol. The maximum atomic E-state index is 14.0. The number of allylic oxidation sites excluding steroid dienone is 3. The first-order valence-corrected chi connectivity index (χ1v) is 10.3. The third-order valence-corrected chi connectivity index (χ3v) is 5.24. The minimum atomic E-state index is -0.720. The molecule has 8 heteroatoms. The van der Waals surface area contributed by atoms with E-state index >= 15 is 0 Å². The minimum absolute atomic E-state index is 0.0593. The smallest absolute Gasteiger partial charge is 0.293 e. The van der Waals surface area contributed by atoms with Gasteiger partial charge in [0.2, 0.25) is 5.82 Å². The van der Waals surface area contributed by atoms with E-state index in [0.29, 0.717) is 23.6 Å². The highest BCUT2D eigenvalue weighted by atomic mass is 19.1. The Hall–Kier alpha value is -3.68. The van der Waals surface area contributed by atoms with Crippen molar-refractivity contribution in [3.63, 3.8) is 0 Å². The van der Waals surface area contributed by atoms with Gasteiger partial charge < -0.3 is 10.2 Å². The van der Waals surface area contributed by atoms with Crippen LogP contribution in [0.15, 0.2) is 71.4 Å². The number of carbonyl (C=O) groups excluding carboxylic acids is 1. The number of halogens is 2. The number of hydrogen-bond donors (Lipinski definition) is 1. The molecule has 4 rings (SSSR count). The molecule has 0 spiro atoms. The Morgan fingerprint density at radius 3 is 2.66 bits per heavy atom. The van der Waals surface area contributed by atoms with E-state index in [1.54, 1.807) is 7.05 Å². The normalized spacial score (nSPS) is 17.9. The molecule has 0 saturated heterocycles. The average molecular weight is 435 g/mol. The number of nitrogens with zero attached hydrogens (tertiary/aromatic N) is 4. The maximum absolute atomic E-state index is 14.0. The number of aliphatic imine (C=N–C) groups is 1. The van der Waals surface area contributed by atoms with Crippen molar-refractivity contribution in [1.82, 2.24) is 20.2 Å². The summed E-state index contributed by atoms with van der Waals surface area (Å²) in [6.07, 6.45) is 13.5. The Balaban J connectivity index is 1.52. The molecule has 2 aromatic rings. The van der Waals surface area contributed by atoms with Gasteiger partial charge in [0.15, 0.2) is 0 Å². The van der Waals surface area contributed by atoms with Gasteiger partial charge >= 0.3 is 0 Å². The summed E-state index contributed by atoms with van der Waals surface area (Å²) in [5.41, 5.74) is 2.15. The van der Waals surface area contributed by atoms with E-state index in [1.807, 2.05) is 30.2 Å².